The lowest BCUT2D eigenvalue weighted by Gasteiger charge is -2.18. The summed E-state index contributed by atoms with van der Waals surface area (Å²) in [5.74, 6) is 0. The number of benzene rings is 9. The van der Waals surface area contributed by atoms with Gasteiger partial charge in [0, 0.05) is 30.9 Å². The van der Waals surface area contributed by atoms with E-state index >= 15 is 0 Å². The molecule has 0 aliphatic heterocycles. The number of rotatable bonds is 3. The number of furan rings is 1. The van der Waals surface area contributed by atoms with E-state index in [1.807, 2.05) is 17.4 Å². The molecule has 0 spiro atoms. The van der Waals surface area contributed by atoms with E-state index in [1.54, 1.807) is 0 Å². The minimum absolute atomic E-state index is 0.937. The Bertz CT molecular complexity index is 3090. The Kier molecular flexibility index (Phi) is 5.89. The fraction of sp³-hybridized carbons (Fsp3) is 0. The molecule has 11 aromatic rings. The first-order valence-corrected chi connectivity index (χ1v) is 17.9. The Morgan fingerprint density at radius 1 is 0.320 bits per heavy atom. The molecule has 0 saturated carbocycles. The highest BCUT2D eigenvalue weighted by Crippen LogP contribution is 2.47. The van der Waals surface area contributed by atoms with Crippen molar-refractivity contribution in [1.29, 1.82) is 0 Å². The molecule has 0 aliphatic rings. The van der Waals surface area contributed by atoms with Gasteiger partial charge in [0.05, 0.1) is 0 Å². The van der Waals surface area contributed by atoms with E-state index in [9.17, 15) is 0 Å². The molecule has 0 radical (unpaired) electrons. The highest BCUT2D eigenvalue weighted by atomic mass is 32.1. The van der Waals surface area contributed by atoms with Gasteiger partial charge >= 0.3 is 0 Å². The highest BCUT2D eigenvalue weighted by molar-refractivity contribution is 7.26. The van der Waals surface area contributed by atoms with E-state index in [2.05, 4.69) is 164 Å². The maximum atomic E-state index is 6.34. The molecule has 2 aromatic heterocycles. The van der Waals surface area contributed by atoms with Crippen LogP contribution in [-0.2, 0) is 0 Å². The molecule has 0 unspecified atom stereocenters. The third-order valence-corrected chi connectivity index (χ3v) is 11.5. The third kappa shape index (κ3) is 4.00. The summed E-state index contributed by atoms with van der Waals surface area (Å²) in [5.41, 5.74) is 9.39. The summed E-state index contributed by atoms with van der Waals surface area (Å²) in [7, 11) is 0. The van der Waals surface area contributed by atoms with Gasteiger partial charge in [0.15, 0.2) is 0 Å². The van der Waals surface area contributed by atoms with Crippen LogP contribution < -0.4 is 0 Å². The van der Waals surface area contributed by atoms with Gasteiger partial charge in [-0.15, -0.1) is 11.3 Å². The molecular formula is C48H28OS. The number of hydrogen-bond donors (Lipinski definition) is 0. The average molecular weight is 653 g/mol. The van der Waals surface area contributed by atoms with Crippen molar-refractivity contribution >= 4 is 85.8 Å². The third-order valence-electron chi connectivity index (χ3n) is 10.4. The second kappa shape index (κ2) is 10.6. The minimum Gasteiger partial charge on any atom is -0.456 e. The standard InChI is InChI=1S/C48H28OS/c1-2-13-29(14-3-1)46-35-20-6-8-22-37(35)47(38-23-9-7-21-36(38)46)31-16-12-15-30(25-31)39-27-45-48(34-19-5-4-17-32(34)39)41-26-43-40(28-44(41)50-45)33-18-10-11-24-42(33)49-43/h1-28H. The van der Waals surface area contributed by atoms with Crippen molar-refractivity contribution in [2.45, 2.75) is 0 Å². The van der Waals surface area contributed by atoms with Gasteiger partial charge in [-0.25, -0.2) is 0 Å². The van der Waals surface area contributed by atoms with E-state index in [0.717, 1.165) is 11.2 Å². The minimum atomic E-state index is 0.937. The molecule has 0 bridgehead atoms. The van der Waals surface area contributed by atoms with Crippen LogP contribution >= 0.6 is 11.3 Å². The summed E-state index contributed by atoms with van der Waals surface area (Å²) in [6.07, 6.45) is 0. The van der Waals surface area contributed by atoms with Crippen molar-refractivity contribution in [2.24, 2.45) is 0 Å². The van der Waals surface area contributed by atoms with Crippen LogP contribution in [0, 0.1) is 0 Å². The van der Waals surface area contributed by atoms with E-state index in [0.29, 0.717) is 0 Å². The normalized spacial score (nSPS) is 12.0. The van der Waals surface area contributed by atoms with Crippen molar-refractivity contribution in [3.05, 3.63) is 170 Å². The predicted molar refractivity (Wildman–Crippen MR) is 215 cm³/mol. The smallest absolute Gasteiger partial charge is 0.136 e. The van der Waals surface area contributed by atoms with Crippen molar-refractivity contribution in [2.75, 3.05) is 0 Å². The lowest BCUT2D eigenvalue weighted by atomic mass is 9.85. The Labute approximate surface area is 292 Å². The van der Waals surface area contributed by atoms with Crippen LogP contribution in [0.5, 0.6) is 0 Å². The predicted octanol–water partition coefficient (Wildman–Crippen LogP) is 14.4. The number of para-hydroxylation sites is 1. The molecule has 0 atom stereocenters. The lowest BCUT2D eigenvalue weighted by Crippen LogP contribution is -1.91. The molecule has 1 nitrogen and oxygen atoms in total. The first kappa shape index (κ1) is 27.7. The summed E-state index contributed by atoms with van der Waals surface area (Å²) in [6.45, 7) is 0. The first-order chi connectivity index (χ1) is 24.8. The van der Waals surface area contributed by atoms with Crippen LogP contribution in [0.3, 0.4) is 0 Å². The topological polar surface area (TPSA) is 13.1 Å². The number of hydrogen-bond acceptors (Lipinski definition) is 2. The fourth-order valence-electron chi connectivity index (χ4n) is 8.29. The van der Waals surface area contributed by atoms with Crippen molar-refractivity contribution in [3.63, 3.8) is 0 Å². The molecule has 0 fully saturated rings. The largest absolute Gasteiger partial charge is 0.456 e. The first-order valence-electron chi connectivity index (χ1n) is 17.1. The number of thiophene rings is 1. The Hall–Kier alpha value is -6.22. The maximum absolute atomic E-state index is 6.34. The van der Waals surface area contributed by atoms with E-state index in [4.69, 9.17) is 4.42 Å². The van der Waals surface area contributed by atoms with Crippen molar-refractivity contribution in [3.8, 4) is 33.4 Å². The highest BCUT2D eigenvalue weighted by Gasteiger charge is 2.19. The van der Waals surface area contributed by atoms with Crippen LogP contribution in [-0.4, -0.2) is 0 Å². The molecule has 0 amide bonds. The summed E-state index contributed by atoms with van der Waals surface area (Å²) in [5, 5.41) is 12.5. The van der Waals surface area contributed by atoms with Gasteiger partial charge in [-0.2, -0.15) is 0 Å². The fourth-order valence-corrected chi connectivity index (χ4v) is 9.48. The van der Waals surface area contributed by atoms with Gasteiger partial charge < -0.3 is 4.42 Å². The molecule has 50 heavy (non-hydrogen) atoms. The zero-order chi connectivity index (χ0) is 32.8. The molecule has 11 rings (SSSR count). The van der Waals surface area contributed by atoms with E-state index in [1.165, 1.54) is 96.6 Å². The van der Waals surface area contributed by atoms with Crippen LogP contribution in [0.1, 0.15) is 0 Å². The van der Waals surface area contributed by atoms with E-state index < -0.39 is 0 Å². The second-order valence-corrected chi connectivity index (χ2v) is 14.3. The Morgan fingerprint density at radius 2 is 0.880 bits per heavy atom. The van der Waals surface area contributed by atoms with Gasteiger partial charge in [-0.3, -0.25) is 0 Å². The molecule has 9 aromatic carbocycles. The van der Waals surface area contributed by atoms with Crippen molar-refractivity contribution in [1.82, 2.24) is 0 Å². The quantitative estimate of drug-likeness (QED) is 0.173. The molecule has 2 heterocycles. The van der Waals surface area contributed by atoms with Gasteiger partial charge in [0.1, 0.15) is 11.2 Å². The molecule has 0 N–H and O–H groups in total. The lowest BCUT2D eigenvalue weighted by molar-refractivity contribution is 0.669. The molecule has 0 aliphatic carbocycles. The average Bonchev–Trinajstić information content (AvgIpc) is 3.73. The van der Waals surface area contributed by atoms with Crippen LogP contribution in [0.4, 0.5) is 0 Å². The maximum Gasteiger partial charge on any atom is 0.136 e. The summed E-state index contributed by atoms with van der Waals surface area (Å²) in [4.78, 5) is 0. The molecule has 232 valence electrons. The molecular weight excluding hydrogens is 625 g/mol. The number of fused-ring (bicyclic) bond motifs is 10. The SMILES string of the molecule is c1ccc(-c2c3ccccc3c(-c3cccc(-c4cc5sc6cc7c(cc6c5c5ccccc45)oc4ccccc47)c3)c3ccccc23)cc1. The van der Waals surface area contributed by atoms with Gasteiger partial charge in [-0.05, 0) is 96.0 Å². The summed E-state index contributed by atoms with van der Waals surface area (Å²) < 4.78 is 8.91. The summed E-state index contributed by atoms with van der Waals surface area (Å²) >= 11 is 1.87. The summed E-state index contributed by atoms with van der Waals surface area (Å²) in [6, 6.07) is 62.0. The molecule has 0 saturated heterocycles. The van der Waals surface area contributed by atoms with Gasteiger partial charge in [-0.1, -0.05) is 140 Å². The second-order valence-electron chi connectivity index (χ2n) is 13.2. The molecule has 2 heteroatoms. The Balaban J connectivity index is 1.16. The van der Waals surface area contributed by atoms with Crippen LogP contribution in [0.25, 0.3) is 108 Å². The van der Waals surface area contributed by atoms with Crippen LogP contribution in [0.2, 0.25) is 0 Å². The van der Waals surface area contributed by atoms with Crippen LogP contribution in [0.15, 0.2) is 174 Å². The monoisotopic (exact) mass is 652 g/mol. The van der Waals surface area contributed by atoms with Gasteiger partial charge in [0.2, 0.25) is 0 Å². The Morgan fingerprint density at radius 3 is 1.60 bits per heavy atom. The van der Waals surface area contributed by atoms with E-state index in [-0.39, 0.29) is 0 Å². The zero-order valence-electron chi connectivity index (χ0n) is 27.0. The zero-order valence-corrected chi connectivity index (χ0v) is 27.8. The van der Waals surface area contributed by atoms with Gasteiger partial charge in [0.25, 0.3) is 0 Å². The van der Waals surface area contributed by atoms with Crippen molar-refractivity contribution < 1.29 is 4.42 Å².